The number of ether oxygens (including phenoxy) is 6. The Balaban J connectivity index is 0.000000144. The van der Waals surface area contributed by atoms with E-state index in [1.165, 1.54) is 35.6 Å². The Morgan fingerprint density at radius 2 is 0.754 bits per heavy atom. The van der Waals surface area contributed by atoms with Gasteiger partial charge in [0.15, 0.2) is 0 Å². The van der Waals surface area contributed by atoms with Crippen LogP contribution in [-0.2, 0) is 53.6 Å². The standard InChI is InChI=1S/C23H21N3O3.C22H19N3O2.C22H20N2O2.C20H15BrN2O.2C15H12N2S/c1-4-26-21(20(14-24)19-11-10-18(29-3)13-22(19)26)12-7-16-5-8-17(9-6-16)25-23(27)15-28-2;1-4-25-21(12-7-16-5-8-17(9-6-16)24-15(2)26)20(14-23)19-11-10-18(27-3)13-22(19)25;1-5-24-21(11-7-16-6-8-17(25-3)12-15(16)2)20(14-23)19-10-9-18(26-4)13-22(19)24;1-3-23-19(11-8-14-6-4-5-7-18(14)21)17(13-22)16-10-9-15(24-2)12-20(16)23;1-2-17-9-13(8-16)14-7-11(3-4-15(14)17)12-5-6-18-10-12;1-2-17-10-12(9-16)13-8-11(5-6-14(13)17)15-4-3-7-18-15/h5-6,8-11,13H,4,15H2,1-3H3,(H,25,27);5-6,8-11,13H,4H2,1-3H3,(H,24,26);6,8-10,12-13H,5H2,1-4H3;4-7,9-10,12H,3H2,1-2H3;3-7,9-10H,2H2,1H3;3-8,10H,2H2,1H3. The molecule has 2 N–H and O–H groups in total. The number of anilines is 2. The van der Waals surface area contributed by atoms with Crippen LogP contribution in [0, 0.1) is 122 Å². The summed E-state index contributed by atoms with van der Waals surface area (Å²) in [5.41, 5.74) is 22.1. The first-order valence-electron chi connectivity index (χ1n) is 45.4. The zero-order valence-corrected chi connectivity index (χ0v) is 84.2. The molecule has 10 aromatic carbocycles. The number of thiophene rings is 2. The van der Waals surface area contributed by atoms with E-state index in [1.54, 1.807) is 82.5 Å². The molecule has 142 heavy (non-hydrogen) atoms. The topological polar surface area (TPSA) is 286 Å². The molecule has 22 nitrogen and oxygen atoms in total. The number of nitrogens with zero attached hydrogens (tertiary/aromatic N) is 12. The van der Waals surface area contributed by atoms with Crippen molar-refractivity contribution >= 4 is 127 Å². The van der Waals surface area contributed by atoms with Crippen LogP contribution in [0.25, 0.3) is 87.0 Å². The number of aryl methyl sites for hydroxylation is 7. The summed E-state index contributed by atoms with van der Waals surface area (Å²) in [6, 6.07) is 83.6. The summed E-state index contributed by atoms with van der Waals surface area (Å²) < 4.78 is 44.6. The van der Waals surface area contributed by atoms with Crippen LogP contribution in [0.1, 0.15) is 132 Å². The van der Waals surface area contributed by atoms with Gasteiger partial charge in [-0.3, -0.25) is 9.59 Å². The molecule has 0 atom stereocenters. The second kappa shape index (κ2) is 48.4. The van der Waals surface area contributed by atoms with Crippen molar-refractivity contribution in [2.75, 3.05) is 59.9 Å². The van der Waals surface area contributed by atoms with Crippen LogP contribution in [0.3, 0.4) is 0 Å². The number of aromatic nitrogens is 6. The van der Waals surface area contributed by atoms with Gasteiger partial charge in [-0.1, -0.05) is 54.0 Å². The molecule has 0 aliphatic rings. The molecule has 0 saturated heterocycles. The Hall–Kier alpha value is -17.6. The van der Waals surface area contributed by atoms with Crippen molar-refractivity contribution in [1.82, 2.24) is 27.4 Å². The third-order valence-electron chi connectivity index (χ3n) is 23.4. The zero-order valence-electron chi connectivity index (χ0n) is 80.9. The maximum Gasteiger partial charge on any atom is 0.250 e. The van der Waals surface area contributed by atoms with Crippen molar-refractivity contribution in [3.63, 3.8) is 0 Å². The van der Waals surface area contributed by atoms with Gasteiger partial charge in [0.25, 0.3) is 0 Å². The maximum atomic E-state index is 11.6. The number of hydrogen-bond acceptors (Lipinski definition) is 16. The first-order valence-corrected chi connectivity index (χ1v) is 48.1. The van der Waals surface area contributed by atoms with Crippen molar-refractivity contribution in [3.05, 3.63) is 335 Å². The fraction of sp³-hybridized carbons (Fsp3) is 0.179. The van der Waals surface area contributed by atoms with Gasteiger partial charge in [-0.15, -0.1) is 11.3 Å². The number of carbonyl (C=O) groups excluding carboxylic acids is 2. The fourth-order valence-electron chi connectivity index (χ4n) is 16.4. The Kier molecular flexibility index (Phi) is 34.7. The molecule has 704 valence electrons. The molecule has 2 amide bonds. The fourth-order valence-corrected chi connectivity index (χ4v) is 18.2. The predicted molar refractivity (Wildman–Crippen MR) is 570 cm³/mol. The minimum Gasteiger partial charge on any atom is -0.497 e. The molecule has 0 aliphatic carbocycles. The van der Waals surface area contributed by atoms with Crippen LogP contribution >= 0.6 is 38.6 Å². The van der Waals surface area contributed by atoms with E-state index in [4.69, 9.17) is 28.4 Å². The lowest BCUT2D eigenvalue weighted by molar-refractivity contribution is -0.119. The van der Waals surface area contributed by atoms with E-state index >= 15 is 0 Å². The Morgan fingerprint density at radius 1 is 0.359 bits per heavy atom. The number of methoxy groups -OCH3 is 6. The number of rotatable bonds is 17. The van der Waals surface area contributed by atoms with Gasteiger partial charge in [0.1, 0.15) is 94.5 Å². The van der Waals surface area contributed by atoms with E-state index in [1.807, 2.05) is 202 Å². The summed E-state index contributed by atoms with van der Waals surface area (Å²) in [6.07, 6.45) is 3.87. The number of nitriles is 6. The normalized spacial score (nSPS) is 10.2. The van der Waals surface area contributed by atoms with Crippen molar-refractivity contribution in [1.29, 1.82) is 31.6 Å². The van der Waals surface area contributed by atoms with Gasteiger partial charge in [-0.25, -0.2) is 0 Å². The summed E-state index contributed by atoms with van der Waals surface area (Å²) in [5, 5.41) is 74.4. The molecule has 25 heteroatoms. The average molecular weight is 1970 g/mol. The zero-order chi connectivity index (χ0) is 101. The van der Waals surface area contributed by atoms with E-state index in [9.17, 15) is 41.2 Å². The monoisotopic (exact) mass is 1970 g/mol. The number of halogens is 1. The Labute approximate surface area is 842 Å². The van der Waals surface area contributed by atoms with E-state index < -0.39 is 0 Å². The second-order valence-corrected chi connectivity index (χ2v) is 34.2. The third kappa shape index (κ3) is 23.1. The number of amides is 2. The lowest BCUT2D eigenvalue weighted by Crippen LogP contribution is -2.16. The van der Waals surface area contributed by atoms with Gasteiger partial charge in [0.05, 0.1) is 91.0 Å². The van der Waals surface area contributed by atoms with E-state index in [-0.39, 0.29) is 18.4 Å². The van der Waals surface area contributed by atoms with Crippen molar-refractivity contribution in [2.45, 2.75) is 94.7 Å². The summed E-state index contributed by atoms with van der Waals surface area (Å²) in [6.45, 7) is 20.4. The molecule has 0 saturated carbocycles. The third-order valence-corrected chi connectivity index (χ3v) is 25.7. The summed E-state index contributed by atoms with van der Waals surface area (Å²) in [7, 11) is 9.63. The minimum absolute atomic E-state index is 0.00481. The Morgan fingerprint density at radius 3 is 1.11 bits per heavy atom. The van der Waals surface area contributed by atoms with Gasteiger partial charge in [0.2, 0.25) is 11.8 Å². The van der Waals surface area contributed by atoms with Crippen LogP contribution in [0.2, 0.25) is 0 Å². The highest BCUT2D eigenvalue weighted by Crippen LogP contribution is 2.37. The summed E-state index contributed by atoms with van der Waals surface area (Å²) in [4.78, 5) is 23.9. The number of benzene rings is 10. The van der Waals surface area contributed by atoms with Crippen molar-refractivity contribution in [2.24, 2.45) is 0 Å². The van der Waals surface area contributed by atoms with Gasteiger partial charge >= 0.3 is 0 Å². The highest BCUT2D eigenvalue weighted by atomic mass is 79.9. The minimum atomic E-state index is -0.215. The molecule has 0 bridgehead atoms. The smallest absolute Gasteiger partial charge is 0.250 e. The SMILES string of the molecule is CCn1c(C#Cc2ccc(NC(=O)COC)cc2)c(C#N)c2ccc(OC)cc21.CCn1c(C#Cc2ccc(NC(C)=O)cc2)c(C#N)c2ccc(OC)cc21.CCn1c(C#Cc2ccc(OC)cc2C)c(C#N)c2ccc(OC)cc21.CCn1c(C#Cc2ccccc2Br)c(C#N)c2ccc(OC)cc21.CCn1cc(C#N)c2cc(-c3cccs3)ccc21.CCn1cc(C#N)c2cc(-c3ccsc3)ccc21. The molecule has 18 aromatic rings. The molecular formula is C117H99BrN14O8S2. The largest absolute Gasteiger partial charge is 0.497 e. The molecule has 0 spiro atoms. The maximum absolute atomic E-state index is 11.6. The molecule has 0 aliphatic heterocycles. The van der Waals surface area contributed by atoms with Gasteiger partial charge in [-0.2, -0.15) is 42.9 Å². The highest BCUT2D eigenvalue weighted by molar-refractivity contribution is 9.10. The van der Waals surface area contributed by atoms with E-state index in [0.29, 0.717) is 52.4 Å². The summed E-state index contributed by atoms with van der Waals surface area (Å²) in [5.74, 6) is 28.8. The van der Waals surface area contributed by atoms with E-state index in [2.05, 4.69) is 207 Å². The molecule has 8 heterocycles. The predicted octanol–water partition coefficient (Wildman–Crippen LogP) is 24.9. The molecule has 8 aromatic heterocycles. The lowest BCUT2D eigenvalue weighted by atomic mass is 10.1. The van der Waals surface area contributed by atoms with Crippen LogP contribution in [0.4, 0.5) is 11.4 Å². The van der Waals surface area contributed by atoms with Crippen LogP contribution in [-0.4, -0.2) is 88.5 Å². The van der Waals surface area contributed by atoms with Gasteiger partial charge in [-0.05, 0) is 290 Å². The van der Waals surface area contributed by atoms with Gasteiger partial charge < -0.3 is 66.5 Å². The van der Waals surface area contributed by atoms with E-state index in [0.717, 1.165) is 181 Å². The highest BCUT2D eigenvalue weighted by Gasteiger charge is 2.22. The van der Waals surface area contributed by atoms with Crippen LogP contribution < -0.4 is 34.3 Å². The lowest BCUT2D eigenvalue weighted by Gasteiger charge is -2.05. The molecule has 18 rings (SSSR count). The van der Waals surface area contributed by atoms with Crippen molar-refractivity contribution < 1.29 is 38.0 Å². The van der Waals surface area contributed by atoms with Crippen LogP contribution in [0.5, 0.6) is 28.7 Å². The summed E-state index contributed by atoms with van der Waals surface area (Å²) >= 11 is 6.91. The first kappa shape index (κ1) is 102. The first-order chi connectivity index (χ1) is 69.1. The number of hydrogen-bond donors (Lipinski definition) is 2. The second-order valence-electron chi connectivity index (χ2n) is 31.7. The van der Waals surface area contributed by atoms with Crippen LogP contribution in [0.15, 0.2) is 251 Å². The van der Waals surface area contributed by atoms with Crippen molar-refractivity contribution in [3.8, 4) is 134 Å². The Bertz CT molecular complexity index is 8170. The molecule has 0 radical (unpaired) electrons. The van der Waals surface area contributed by atoms with Gasteiger partial charge in [0, 0.05) is 176 Å². The molecule has 0 fully saturated rings. The number of carbonyl (C=O) groups is 2. The average Bonchev–Trinajstić information content (AvgIpc) is 1.63. The number of nitrogens with one attached hydrogen (secondary N) is 2. The number of fused-ring (bicyclic) bond motifs is 6. The molecular weight excluding hydrogens is 1870 g/mol. The molecule has 0 unspecified atom stereocenters. The quantitative estimate of drug-likeness (QED) is 0.0802.